The molecule has 154 valence electrons. The molecule has 1 amide bonds. The van der Waals surface area contributed by atoms with E-state index in [2.05, 4.69) is 10.1 Å². The van der Waals surface area contributed by atoms with Gasteiger partial charge in [0.15, 0.2) is 0 Å². The van der Waals surface area contributed by atoms with Crippen molar-refractivity contribution in [1.82, 2.24) is 4.57 Å². The maximum absolute atomic E-state index is 14.1. The molecule has 0 radical (unpaired) electrons. The van der Waals surface area contributed by atoms with E-state index in [1.165, 1.54) is 23.8 Å². The van der Waals surface area contributed by atoms with Crippen molar-refractivity contribution in [3.05, 3.63) is 87.6 Å². The number of methoxy groups -OCH3 is 2. The second-order valence-electron chi connectivity index (χ2n) is 6.36. The number of aromatic nitrogens is 1. The molecule has 7 nitrogen and oxygen atoms in total. The first-order chi connectivity index (χ1) is 14.4. The van der Waals surface area contributed by atoms with Crippen molar-refractivity contribution in [1.29, 1.82) is 0 Å². The molecule has 30 heavy (non-hydrogen) atoms. The third kappa shape index (κ3) is 3.93. The molecule has 0 fully saturated rings. The maximum atomic E-state index is 14.1. The van der Waals surface area contributed by atoms with Gasteiger partial charge >= 0.3 is 5.97 Å². The molecular formula is C22H19FN2O5. The van der Waals surface area contributed by atoms with Crippen molar-refractivity contribution < 1.29 is 23.5 Å². The topological polar surface area (TPSA) is 86.6 Å². The highest BCUT2D eigenvalue weighted by molar-refractivity contribution is 6.05. The number of aryl methyl sites for hydroxylation is 1. The predicted molar refractivity (Wildman–Crippen MR) is 109 cm³/mol. The van der Waals surface area contributed by atoms with Crippen molar-refractivity contribution in [2.24, 2.45) is 0 Å². The number of amides is 1. The van der Waals surface area contributed by atoms with Gasteiger partial charge in [-0.1, -0.05) is 12.1 Å². The average molecular weight is 410 g/mol. The van der Waals surface area contributed by atoms with E-state index in [-0.39, 0.29) is 16.8 Å². The second kappa shape index (κ2) is 8.60. The molecule has 0 atom stereocenters. The van der Waals surface area contributed by atoms with Crippen LogP contribution >= 0.6 is 0 Å². The molecule has 3 aromatic rings. The molecule has 0 aliphatic heterocycles. The van der Waals surface area contributed by atoms with E-state index in [1.807, 2.05) is 0 Å². The lowest BCUT2D eigenvalue weighted by atomic mass is 10.1. The molecule has 3 rings (SSSR count). The van der Waals surface area contributed by atoms with Crippen LogP contribution in [0, 0.1) is 12.7 Å². The standard InChI is InChI=1S/C22H19FN2O5/c1-13-10-11-25(17-6-4-5-7-18(17)29-2)21(27)19(13)20(26)24-14-8-9-15(16(23)12-14)22(28)30-3/h4-12H,1-3H3,(H,24,26). The minimum Gasteiger partial charge on any atom is -0.495 e. The minimum atomic E-state index is -0.851. The first-order valence-electron chi connectivity index (χ1n) is 8.92. The van der Waals surface area contributed by atoms with Gasteiger partial charge < -0.3 is 14.8 Å². The number of pyridine rings is 1. The highest BCUT2D eigenvalue weighted by Crippen LogP contribution is 2.21. The van der Waals surface area contributed by atoms with Crippen LogP contribution in [0.15, 0.2) is 59.5 Å². The summed E-state index contributed by atoms with van der Waals surface area (Å²) < 4.78 is 25.2. The Kier molecular flexibility index (Phi) is 5.96. The summed E-state index contributed by atoms with van der Waals surface area (Å²) in [6.45, 7) is 1.63. The number of anilines is 1. The summed E-state index contributed by atoms with van der Waals surface area (Å²) in [6.07, 6.45) is 1.55. The van der Waals surface area contributed by atoms with Crippen molar-refractivity contribution in [3.63, 3.8) is 0 Å². The van der Waals surface area contributed by atoms with Crippen LogP contribution in [0.1, 0.15) is 26.3 Å². The molecule has 0 aliphatic rings. The molecule has 0 saturated heterocycles. The Hall–Kier alpha value is -3.94. The Morgan fingerprint density at radius 3 is 2.47 bits per heavy atom. The Bertz CT molecular complexity index is 1190. The Morgan fingerprint density at radius 1 is 1.07 bits per heavy atom. The number of halogens is 1. The van der Waals surface area contributed by atoms with Crippen LogP contribution in [0.25, 0.3) is 5.69 Å². The maximum Gasteiger partial charge on any atom is 0.340 e. The largest absolute Gasteiger partial charge is 0.495 e. The summed E-state index contributed by atoms with van der Waals surface area (Å²) >= 11 is 0. The number of nitrogens with one attached hydrogen (secondary N) is 1. The molecule has 1 heterocycles. The third-order valence-corrected chi connectivity index (χ3v) is 4.50. The van der Waals surface area contributed by atoms with Crippen LogP contribution in [0.2, 0.25) is 0 Å². The Labute approximate surface area is 171 Å². The van der Waals surface area contributed by atoms with Crippen molar-refractivity contribution >= 4 is 17.6 Å². The van der Waals surface area contributed by atoms with Gasteiger partial charge in [0.05, 0.1) is 25.5 Å². The number of carbonyl (C=O) groups is 2. The van der Waals surface area contributed by atoms with E-state index < -0.39 is 23.3 Å². The summed E-state index contributed by atoms with van der Waals surface area (Å²) in [5.41, 5.74) is 0.119. The summed E-state index contributed by atoms with van der Waals surface area (Å²) in [5.74, 6) is -1.91. The lowest BCUT2D eigenvalue weighted by Crippen LogP contribution is -2.29. The number of hydrogen-bond acceptors (Lipinski definition) is 5. The zero-order chi connectivity index (χ0) is 21.8. The average Bonchev–Trinajstić information content (AvgIpc) is 2.73. The lowest BCUT2D eigenvalue weighted by Gasteiger charge is -2.14. The molecule has 0 spiro atoms. The fourth-order valence-electron chi connectivity index (χ4n) is 2.98. The fourth-order valence-corrected chi connectivity index (χ4v) is 2.98. The van der Waals surface area contributed by atoms with Crippen LogP contribution in [-0.2, 0) is 4.74 Å². The number of carbonyl (C=O) groups excluding carboxylic acids is 2. The van der Waals surface area contributed by atoms with E-state index in [4.69, 9.17) is 4.74 Å². The van der Waals surface area contributed by atoms with Crippen LogP contribution < -0.4 is 15.6 Å². The van der Waals surface area contributed by atoms with Crippen LogP contribution in [0.5, 0.6) is 5.75 Å². The first-order valence-corrected chi connectivity index (χ1v) is 8.92. The van der Waals surface area contributed by atoms with Gasteiger partial charge in [-0.05, 0) is 48.9 Å². The van der Waals surface area contributed by atoms with Gasteiger partial charge in [-0.15, -0.1) is 0 Å². The summed E-state index contributed by atoms with van der Waals surface area (Å²) in [7, 11) is 2.63. The van der Waals surface area contributed by atoms with Crippen molar-refractivity contribution in [3.8, 4) is 11.4 Å². The van der Waals surface area contributed by atoms with Gasteiger partial charge in [-0.25, -0.2) is 9.18 Å². The number of ether oxygens (including phenoxy) is 2. The third-order valence-electron chi connectivity index (χ3n) is 4.50. The van der Waals surface area contributed by atoms with Crippen LogP contribution in [-0.4, -0.2) is 30.7 Å². The predicted octanol–water partition coefficient (Wildman–Crippen LogP) is 3.33. The molecule has 1 aromatic heterocycles. The fraction of sp³-hybridized carbons (Fsp3) is 0.136. The molecule has 0 unspecified atom stereocenters. The van der Waals surface area contributed by atoms with Gasteiger partial charge in [0, 0.05) is 11.9 Å². The molecule has 0 saturated carbocycles. The number of para-hydroxylation sites is 2. The summed E-state index contributed by atoms with van der Waals surface area (Å²) in [5, 5.41) is 2.50. The van der Waals surface area contributed by atoms with Gasteiger partial charge in [0.1, 0.15) is 17.1 Å². The Balaban J connectivity index is 1.98. The summed E-state index contributed by atoms with van der Waals surface area (Å²) in [6, 6.07) is 12.1. The molecule has 2 aromatic carbocycles. The normalized spacial score (nSPS) is 10.4. The molecule has 0 bridgehead atoms. The van der Waals surface area contributed by atoms with Gasteiger partial charge in [0.2, 0.25) is 0 Å². The monoisotopic (exact) mass is 410 g/mol. The Morgan fingerprint density at radius 2 is 1.80 bits per heavy atom. The smallest absolute Gasteiger partial charge is 0.340 e. The lowest BCUT2D eigenvalue weighted by molar-refractivity contribution is 0.0595. The van der Waals surface area contributed by atoms with Crippen LogP contribution in [0.3, 0.4) is 0 Å². The van der Waals surface area contributed by atoms with Crippen LogP contribution in [0.4, 0.5) is 10.1 Å². The number of rotatable bonds is 5. The number of nitrogens with zero attached hydrogens (tertiary/aromatic N) is 1. The highest BCUT2D eigenvalue weighted by Gasteiger charge is 2.19. The van der Waals surface area contributed by atoms with Gasteiger partial charge in [-0.2, -0.15) is 0 Å². The quantitative estimate of drug-likeness (QED) is 0.652. The van der Waals surface area contributed by atoms with Crippen molar-refractivity contribution in [2.75, 3.05) is 19.5 Å². The highest BCUT2D eigenvalue weighted by atomic mass is 19.1. The van der Waals surface area contributed by atoms with E-state index in [0.29, 0.717) is 17.0 Å². The second-order valence-corrected chi connectivity index (χ2v) is 6.36. The summed E-state index contributed by atoms with van der Waals surface area (Å²) in [4.78, 5) is 37.4. The SMILES string of the molecule is COC(=O)c1ccc(NC(=O)c2c(C)ccn(-c3ccccc3OC)c2=O)cc1F. The van der Waals surface area contributed by atoms with E-state index in [9.17, 15) is 18.8 Å². The molecule has 8 heteroatoms. The van der Waals surface area contributed by atoms with Gasteiger partial charge in [-0.3, -0.25) is 14.2 Å². The first kappa shape index (κ1) is 20.8. The number of hydrogen-bond donors (Lipinski definition) is 1. The zero-order valence-electron chi connectivity index (χ0n) is 16.6. The van der Waals surface area contributed by atoms with E-state index >= 15 is 0 Å². The zero-order valence-corrected chi connectivity index (χ0v) is 16.6. The van der Waals surface area contributed by atoms with Gasteiger partial charge in [0.25, 0.3) is 11.5 Å². The number of benzene rings is 2. The van der Waals surface area contributed by atoms with E-state index in [1.54, 1.807) is 43.5 Å². The molecular weight excluding hydrogens is 391 g/mol. The van der Waals surface area contributed by atoms with Crippen molar-refractivity contribution in [2.45, 2.75) is 6.92 Å². The molecule has 0 aliphatic carbocycles. The van der Waals surface area contributed by atoms with E-state index in [0.717, 1.165) is 13.2 Å². The minimum absolute atomic E-state index is 0.0941. The molecule has 1 N–H and O–H groups in total. The number of esters is 1.